The van der Waals surface area contributed by atoms with E-state index in [4.69, 9.17) is 5.11 Å². The molecular formula is C12H10O2Tl. The van der Waals surface area contributed by atoms with Crippen LogP contribution in [0.25, 0.3) is 10.8 Å². The third-order valence-corrected chi connectivity index (χ3v) is 2.37. The molecule has 0 unspecified atom stereocenters. The SMILES string of the molecule is Cc1cccc2c(C(=O)O)cccc12.[Tl]. The molecule has 2 nitrogen and oxygen atoms in total. The summed E-state index contributed by atoms with van der Waals surface area (Å²) < 4.78 is 0. The van der Waals surface area contributed by atoms with Gasteiger partial charge in [0.2, 0.25) is 0 Å². The second-order valence-corrected chi connectivity index (χ2v) is 3.28. The largest absolute Gasteiger partial charge is 0.478 e. The van der Waals surface area contributed by atoms with Crippen molar-refractivity contribution in [2.75, 3.05) is 0 Å². The number of aromatic carboxylic acids is 1. The number of carboxylic acids is 1. The Morgan fingerprint density at radius 2 is 1.67 bits per heavy atom. The van der Waals surface area contributed by atoms with Crippen LogP contribution >= 0.6 is 0 Å². The molecule has 1 N–H and O–H groups in total. The molecule has 0 heterocycles. The Labute approximate surface area is 108 Å². The first-order chi connectivity index (χ1) is 6.70. The molecule has 0 aliphatic heterocycles. The van der Waals surface area contributed by atoms with Crippen molar-refractivity contribution in [1.29, 1.82) is 0 Å². The number of aryl methyl sites for hydroxylation is 1. The maximum atomic E-state index is 10.9. The van der Waals surface area contributed by atoms with Gasteiger partial charge >= 0.3 is 5.97 Å². The van der Waals surface area contributed by atoms with E-state index in [2.05, 4.69) is 0 Å². The molecule has 0 bridgehead atoms. The van der Waals surface area contributed by atoms with Crippen molar-refractivity contribution in [2.45, 2.75) is 6.92 Å². The van der Waals surface area contributed by atoms with Crippen LogP contribution in [0.2, 0.25) is 0 Å². The Morgan fingerprint density at radius 1 is 1.07 bits per heavy atom. The zero-order valence-electron chi connectivity index (χ0n) is 8.40. The van der Waals surface area contributed by atoms with Crippen LogP contribution in [0.1, 0.15) is 15.9 Å². The molecule has 0 amide bonds. The second-order valence-electron chi connectivity index (χ2n) is 3.28. The smallest absolute Gasteiger partial charge is 0.336 e. The number of carbonyl (C=O) groups is 1. The summed E-state index contributed by atoms with van der Waals surface area (Å²) in [6.07, 6.45) is 0. The second kappa shape index (κ2) is 4.74. The fourth-order valence-electron chi connectivity index (χ4n) is 1.65. The molecule has 0 aliphatic rings. The molecule has 2 aromatic carbocycles. The molecule has 0 saturated carbocycles. The molecule has 1 radical (unpaired) electrons. The molecule has 0 saturated heterocycles. The van der Waals surface area contributed by atoms with E-state index >= 15 is 0 Å². The van der Waals surface area contributed by atoms with Crippen molar-refractivity contribution in [3.05, 3.63) is 47.5 Å². The van der Waals surface area contributed by atoms with Crippen LogP contribution in [-0.4, -0.2) is 38.4 Å². The first-order valence-electron chi connectivity index (χ1n) is 4.42. The van der Waals surface area contributed by atoms with Crippen LogP contribution in [0.5, 0.6) is 0 Å². The fourth-order valence-corrected chi connectivity index (χ4v) is 1.65. The van der Waals surface area contributed by atoms with E-state index in [0.717, 1.165) is 16.3 Å². The van der Waals surface area contributed by atoms with E-state index in [1.54, 1.807) is 12.1 Å². The predicted molar refractivity (Wildman–Crippen MR) is 61.4 cm³/mol. The van der Waals surface area contributed by atoms with Gasteiger partial charge in [0.1, 0.15) is 0 Å². The van der Waals surface area contributed by atoms with Gasteiger partial charge in [-0.2, -0.15) is 0 Å². The topological polar surface area (TPSA) is 37.3 Å². The van der Waals surface area contributed by atoms with Gasteiger partial charge in [0.25, 0.3) is 0 Å². The molecule has 3 heteroatoms. The molecule has 0 aliphatic carbocycles. The molecule has 15 heavy (non-hydrogen) atoms. The van der Waals surface area contributed by atoms with Gasteiger partial charge in [0.15, 0.2) is 0 Å². The average molecular weight is 391 g/mol. The normalized spacial score (nSPS) is 9.67. The molecule has 0 spiro atoms. The van der Waals surface area contributed by atoms with Gasteiger partial charge in [-0.25, -0.2) is 4.79 Å². The Kier molecular flexibility index (Phi) is 3.85. The zero-order valence-corrected chi connectivity index (χ0v) is 12.9. The van der Waals surface area contributed by atoms with Gasteiger partial charge < -0.3 is 5.11 Å². The van der Waals surface area contributed by atoms with Crippen molar-refractivity contribution in [1.82, 2.24) is 0 Å². The first kappa shape index (κ1) is 12.2. The molecule has 0 fully saturated rings. The van der Waals surface area contributed by atoms with Gasteiger partial charge in [-0.3, -0.25) is 0 Å². The van der Waals surface area contributed by atoms with E-state index in [1.807, 2.05) is 31.2 Å². The van der Waals surface area contributed by atoms with Crippen LogP contribution in [0.3, 0.4) is 0 Å². The van der Waals surface area contributed by atoms with Crippen LogP contribution in [-0.2, 0) is 0 Å². The van der Waals surface area contributed by atoms with Crippen LogP contribution in [0.15, 0.2) is 36.4 Å². The van der Waals surface area contributed by atoms with E-state index in [9.17, 15) is 4.79 Å². The van der Waals surface area contributed by atoms with Gasteiger partial charge in [-0.15, -0.1) is 0 Å². The minimum atomic E-state index is -0.874. The molecule has 0 aromatic heterocycles. The van der Waals surface area contributed by atoms with Crippen molar-refractivity contribution in [3.63, 3.8) is 0 Å². The maximum absolute atomic E-state index is 10.9. The summed E-state index contributed by atoms with van der Waals surface area (Å²) >= 11 is 0. The maximum Gasteiger partial charge on any atom is 0.336 e. The monoisotopic (exact) mass is 391 g/mol. The minimum absolute atomic E-state index is 0. The Balaban J connectivity index is 0.00000112. The molecule has 0 atom stereocenters. The number of fused-ring (bicyclic) bond motifs is 1. The van der Waals surface area contributed by atoms with Gasteiger partial charge in [0, 0.05) is 27.3 Å². The Bertz CT molecular complexity index is 506. The number of hydrogen-bond acceptors (Lipinski definition) is 1. The molecular weight excluding hydrogens is 381 g/mol. The summed E-state index contributed by atoms with van der Waals surface area (Å²) in [5.74, 6) is -0.874. The van der Waals surface area contributed by atoms with Crippen LogP contribution in [0, 0.1) is 6.92 Å². The van der Waals surface area contributed by atoms with E-state index < -0.39 is 5.97 Å². The third-order valence-electron chi connectivity index (χ3n) is 2.37. The Morgan fingerprint density at radius 3 is 2.33 bits per heavy atom. The summed E-state index contributed by atoms with van der Waals surface area (Å²) in [6.45, 7) is 1.98. The van der Waals surface area contributed by atoms with Crippen LogP contribution < -0.4 is 0 Å². The average Bonchev–Trinajstić information content (AvgIpc) is 2.17. The standard InChI is InChI=1S/C12H10O2.Tl/c1-8-4-2-6-10-9(8)5-3-7-11(10)12(13)14;/h2-7H,1H3,(H,13,14);. The Hall–Kier alpha value is -0.908. The first-order valence-corrected chi connectivity index (χ1v) is 4.42. The summed E-state index contributed by atoms with van der Waals surface area (Å²) in [6, 6.07) is 11.0. The summed E-state index contributed by atoms with van der Waals surface area (Å²) in [5, 5.41) is 10.8. The van der Waals surface area contributed by atoms with E-state index in [0.29, 0.717) is 5.56 Å². The summed E-state index contributed by atoms with van der Waals surface area (Å²) in [4.78, 5) is 10.9. The fraction of sp³-hybridized carbons (Fsp3) is 0.0833. The molecule has 73 valence electrons. The zero-order chi connectivity index (χ0) is 10.1. The van der Waals surface area contributed by atoms with Crippen molar-refractivity contribution < 1.29 is 9.90 Å². The van der Waals surface area contributed by atoms with Crippen molar-refractivity contribution >= 4 is 44.0 Å². The third kappa shape index (κ3) is 2.19. The number of carboxylic acid groups (broad SMARTS) is 1. The summed E-state index contributed by atoms with van der Waals surface area (Å²) in [7, 11) is 0. The quantitative estimate of drug-likeness (QED) is 0.760. The van der Waals surface area contributed by atoms with Gasteiger partial charge in [-0.05, 0) is 29.3 Å². The van der Waals surface area contributed by atoms with E-state index in [-0.39, 0.29) is 27.3 Å². The van der Waals surface area contributed by atoms with Crippen LogP contribution in [0.4, 0.5) is 0 Å². The number of hydrogen-bond donors (Lipinski definition) is 1. The molecule has 2 aromatic rings. The summed E-state index contributed by atoms with van der Waals surface area (Å²) in [5.41, 5.74) is 1.47. The van der Waals surface area contributed by atoms with Gasteiger partial charge in [-0.1, -0.05) is 30.3 Å². The van der Waals surface area contributed by atoms with Gasteiger partial charge in [0.05, 0.1) is 5.56 Å². The molecule has 2 rings (SSSR count). The van der Waals surface area contributed by atoms with E-state index in [1.165, 1.54) is 0 Å². The number of benzene rings is 2. The van der Waals surface area contributed by atoms with Crippen molar-refractivity contribution in [3.8, 4) is 0 Å². The number of rotatable bonds is 1. The minimum Gasteiger partial charge on any atom is -0.478 e. The van der Waals surface area contributed by atoms with Crippen molar-refractivity contribution in [2.24, 2.45) is 0 Å². The predicted octanol–water partition coefficient (Wildman–Crippen LogP) is 2.47.